The fourth-order valence-electron chi connectivity index (χ4n) is 12.2. The molecule has 0 radical (unpaired) electrons. The standard InChI is InChI=1S/C68H49NSi/c1-48-41-56(46-59(42-48)70(58-31-15-6-16-32-58)66-37-21-18-34-62(66)63-35-19-22-38-67(63)70)69(57-44-51(49-23-7-2-8-24-49)43-52(45-57)50-25-9-3-10-26-50)55-39-40-61-60-33-17-20-36-64(60)68(65(61)47-55,53-27-11-4-12-28-53)54-29-13-5-14-30-54/h2-47H,1H3. The van der Waals surface area contributed by atoms with E-state index in [2.05, 4.69) is 291 Å². The van der Waals surface area contributed by atoms with Crippen LogP contribution in [0.15, 0.2) is 279 Å². The molecule has 330 valence electrons. The Morgan fingerprint density at radius 1 is 0.300 bits per heavy atom. The number of fused-ring (bicyclic) bond motifs is 6. The predicted molar refractivity (Wildman–Crippen MR) is 297 cm³/mol. The highest BCUT2D eigenvalue weighted by Crippen LogP contribution is 2.57. The molecule has 1 aliphatic heterocycles. The molecule has 0 unspecified atom stereocenters. The molecule has 1 nitrogen and oxygen atoms in total. The van der Waals surface area contributed by atoms with Crippen molar-refractivity contribution >= 4 is 45.9 Å². The van der Waals surface area contributed by atoms with E-state index >= 15 is 0 Å². The summed E-state index contributed by atoms with van der Waals surface area (Å²) in [5.74, 6) is 0. The average molecular weight is 908 g/mol. The van der Waals surface area contributed by atoms with Crippen molar-refractivity contribution in [2.24, 2.45) is 0 Å². The summed E-state index contributed by atoms with van der Waals surface area (Å²) in [6.45, 7) is 2.29. The van der Waals surface area contributed by atoms with E-state index in [4.69, 9.17) is 0 Å². The highest BCUT2D eigenvalue weighted by molar-refractivity contribution is 7.22. The first-order valence-electron chi connectivity index (χ1n) is 24.4. The predicted octanol–water partition coefficient (Wildman–Crippen LogP) is 14.5. The maximum absolute atomic E-state index is 2.86. The molecule has 0 amide bonds. The molecule has 2 heteroatoms. The van der Waals surface area contributed by atoms with Gasteiger partial charge in [0, 0.05) is 17.1 Å². The normalized spacial score (nSPS) is 13.4. The minimum absolute atomic E-state index is 0.559. The van der Waals surface area contributed by atoms with Gasteiger partial charge >= 0.3 is 0 Å². The highest BCUT2D eigenvalue weighted by atomic mass is 28.3. The van der Waals surface area contributed by atoms with Gasteiger partial charge in [0.1, 0.15) is 0 Å². The molecule has 0 atom stereocenters. The zero-order valence-corrected chi connectivity index (χ0v) is 40.0. The summed E-state index contributed by atoms with van der Waals surface area (Å²) in [6, 6.07) is 105. The lowest BCUT2D eigenvalue weighted by atomic mass is 9.67. The lowest BCUT2D eigenvalue weighted by molar-refractivity contribution is 0.768. The van der Waals surface area contributed by atoms with Crippen LogP contribution in [0.1, 0.15) is 27.8 Å². The number of rotatable bonds is 9. The Labute approximate surface area is 412 Å². The number of hydrogen-bond donors (Lipinski definition) is 0. The molecule has 0 N–H and O–H groups in total. The molecule has 2 aliphatic rings. The third-order valence-corrected chi connectivity index (χ3v) is 19.8. The second kappa shape index (κ2) is 16.9. The molecule has 0 saturated heterocycles. The fraction of sp³-hybridized carbons (Fsp3) is 0.0294. The third kappa shape index (κ3) is 6.45. The summed E-state index contributed by atoms with van der Waals surface area (Å²) in [7, 11) is -2.86. The van der Waals surface area contributed by atoms with E-state index < -0.39 is 13.5 Å². The van der Waals surface area contributed by atoms with Crippen molar-refractivity contribution in [1.82, 2.24) is 0 Å². The summed E-state index contributed by atoms with van der Waals surface area (Å²) in [4.78, 5) is 2.55. The summed E-state index contributed by atoms with van der Waals surface area (Å²) < 4.78 is 0. The van der Waals surface area contributed by atoms with Crippen molar-refractivity contribution in [3.63, 3.8) is 0 Å². The molecule has 11 aromatic rings. The lowest BCUT2D eigenvalue weighted by Crippen LogP contribution is -2.72. The average Bonchev–Trinajstić information content (AvgIpc) is 3.90. The first-order valence-corrected chi connectivity index (χ1v) is 26.4. The van der Waals surface area contributed by atoms with Gasteiger partial charge in [-0.2, -0.15) is 0 Å². The van der Waals surface area contributed by atoms with Gasteiger partial charge < -0.3 is 4.90 Å². The van der Waals surface area contributed by atoms with Crippen LogP contribution in [0, 0.1) is 6.92 Å². The van der Waals surface area contributed by atoms with Crippen LogP contribution in [-0.4, -0.2) is 8.07 Å². The van der Waals surface area contributed by atoms with Crippen molar-refractivity contribution in [3.8, 4) is 44.5 Å². The van der Waals surface area contributed by atoms with Gasteiger partial charge in [0.15, 0.2) is 8.07 Å². The Bertz CT molecular complexity index is 3570. The summed E-state index contributed by atoms with van der Waals surface area (Å²) in [5.41, 5.74) is 19.0. The van der Waals surface area contributed by atoms with E-state index in [-0.39, 0.29) is 0 Å². The van der Waals surface area contributed by atoms with Gasteiger partial charge in [-0.05, 0) is 142 Å². The van der Waals surface area contributed by atoms with Gasteiger partial charge in [-0.25, -0.2) is 0 Å². The summed E-state index contributed by atoms with van der Waals surface area (Å²) >= 11 is 0. The third-order valence-electron chi connectivity index (χ3n) is 15.0. The minimum Gasteiger partial charge on any atom is -0.310 e. The van der Waals surface area contributed by atoms with Crippen molar-refractivity contribution < 1.29 is 0 Å². The maximum atomic E-state index is 2.55. The molecule has 0 saturated carbocycles. The van der Waals surface area contributed by atoms with Gasteiger partial charge in [-0.15, -0.1) is 0 Å². The molecule has 1 heterocycles. The van der Waals surface area contributed by atoms with E-state index in [9.17, 15) is 0 Å². The van der Waals surface area contributed by atoms with Gasteiger partial charge in [0.25, 0.3) is 0 Å². The van der Waals surface area contributed by atoms with Gasteiger partial charge in [-0.3, -0.25) is 0 Å². The molecular weight excluding hydrogens is 859 g/mol. The smallest absolute Gasteiger partial charge is 0.180 e. The van der Waals surface area contributed by atoms with Crippen LogP contribution in [0.5, 0.6) is 0 Å². The molecule has 0 fully saturated rings. The first kappa shape index (κ1) is 41.6. The van der Waals surface area contributed by atoms with E-state index in [0.29, 0.717) is 0 Å². The van der Waals surface area contributed by atoms with Crippen LogP contribution >= 0.6 is 0 Å². The topological polar surface area (TPSA) is 3.24 Å². The number of benzene rings is 11. The fourth-order valence-corrected chi connectivity index (χ4v) is 17.5. The van der Waals surface area contributed by atoms with E-state index in [1.165, 1.54) is 93.1 Å². The second-order valence-electron chi connectivity index (χ2n) is 18.9. The minimum atomic E-state index is -2.86. The Kier molecular flexibility index (Phi) is 10.0. The largest absolute Gasteiger partial charge is 0.310 e. The first-order chi connectivity index (χ1) is 34.6. The SMILES string of the molecule is Cc1cc(N(c2cc(-c3ccccc3)cc(-c3ccccc3)c2)c2ccc3c(c2)C(c2ccccc2)(c2ccccc2)c2ccccc2-3)cc([Si]2(c3ccccc3)c3ccccc3-c3ccccc32)c1. The van der Waals surface area contributed by atoms with Crippen molar-refractivity contribution in [3.05, 3.63) is 307 Å². The second-order valence-corrected chi connectivity index (χ2v) is 22.6. The van der Waals surface area contributed by atoms with Crippen LogP contribution < -0.4 is 25.6 Å². The monoisotopic (exact) mass is 907 g/mol. The number of nitrogens with zero attached hydrogens (tertiary/aromatic N) is 1. The number of aryl methyl sites for hydroxylation is 1. The van der Waals surface area contributed by atoms with Gasteiger partial charge in [0.05, 0.1) is 5.41 Å². The van der Waals surface area contributed by atoms with Crippen LogP contribution in [0.4, 0.5) is 17.1 Å². The van der Waals surface area contributed by atoms with Crippen LogP contribution in [0.25, 0.3) is 44.5 Å². The lowest BCUT2D eigenvalue weighted by Gasteiger charge is -2.35. The van der Waals surface area contributed by atoms with Crippen LogP contribution in [0.2, 0.25) is 0 Å². The van der Waals surface area contributed by atoms with E-state index in [0.717, 1.165) is 17.1 Å². The van der Waals surface area contributed by atoms with Gasteiger partial charge in [-0.1, -0.05) is 237 Å². The molecule has 1 aliphatic carbocycles. The zero-order chi connectivity index (χ0) is 46.7. The molecular formula is C68H49NSi. The Balaban J connectivity index is 1.13. The Morgan fingerprint density at radius 2 is 0.757 bits per heavy atom. The molecule has 0 spiro atoms. The van der Waals surface area contributed by atoms with Crippen LogP contribution in [0.3, 0.4) is 0 Å². The molecule has 0 aromatic heterocycles. The maximum Gasteiger partial charge on any atom is 0.180 e. The molecule has 13 rings (SSSR count). The number of hydrogen-bond acceptors (Lipinski definition) is 1. The zero-order valence-electron chi connectivity index (χ0n) is 39.0. The Morgan fingerprint density at radius 3 is 1.33 bits per heavy atom. The Hall–Kier alpha value is -8.56. The van der Waals surface area contributed by atoms with Gasteiger partial charge in [0.2, 0.25) is 0 Å². The quantitative estimate of drug-likeness (QED) is 0.130. The van der Waals surface area contributed by atoms with E-state index in [1.807, 2.05) is 0 Å². The summed E-state index contributed by atoms with van der Waals surface area (Å²) in [5, 5.41) is 5.64. The van der Waals surface area contributed by atoms with E-state index in [1.54, 1.807) is 0 Å². The van der Waals surface area contributed by atoms with Crippen LogP contribution in [-0.2, 0) is 5.41 Å². The molecule has 11 aromatic carbocycles. The van der Waals surface area contributed by atoms with Crippen molar-refractivity contribution in [2.75, 3.05) is 4.90 Å². The molecule has 0 bridgehead atoms. The van der Waals surface area contributed by atoms with Crippen molar-refractivity contribution in [2.45, 2.75) is 12.3 Å². The summed E-state index contributed by atoms with van der Waals surface area (Å²) in [6.07, 6.45) is 0. The molecule has 70 heavy (non-hydrogen) atoms. The number of anilines is 3. The van der Waals surface area contributed by atoms with Crippen molar-refractivity contribution in [1.29, 1.82) is 0 Å². The highest BCUT2D eigenvalue weighted by Gasteiger charge is 2.49.